The lowest BCUT2D eigenvalue weighted by Gasteiger charge is -2.19. The molecule has 9 heavy (non-hydrogen) atoms. The largest absolute Gasteiger partial charge is 0.388 e. The molecule has 3 atom stereocenters. The topological polar surface area (TPSA) is 69.9 Å². The number of aliphatic hydroxyl groups is 3. The van der Waals surface area contributed by atoms with E-state index in [-0.39, 0.29) is 6.61 Å². The molecule has 0 unspecified atom stereocenters. The van der Waals surface area contributed by atoms with E-state index in [9.17, 15) is 0 Å². The fourth-order valence-corrected chi connectivity index (χ4v) is 0.788. The molecule has 1 fully saturated rings. The summed E-state index contributed by atoms with van der Waals surface area (Å²) in [6.07, 6.45) is -2.14. The fourth-order valence-electron chi connectivity index (χ4n) is 0.788. The van der Waals surface area contributed by atoms with Gasteiger partial charge in [-0.05, 0) is 6.92 Å². The quantitative estimate of drug-likeness (QED) is 0.375. The molecule has 0 aromatic heterocycles. The second-order valence-electron chi connectivity index (χ2n) is 2.38. The van der Waals surface area contributed by atoms with Crippen molar-refractivity contribution in [3.05, 3.63) is 0 Å². The molecule has 4 nitrogen and oxygen atoms in total. The fraction of sp³-hybridized carbons (Fsp3) is 1.00. The van der Waals surface area contributed by atoms with Crippen LogP contribution in [0.15, 0.2) is 0 Å². The molecule has 3 N–H and O–H groups in total. The Kier molecular flexibility index (Phi) is 1.48. The van der Waals surface area contributed by atoms with Crippen molar-refractivity contribution in [2.24, 2.45) is 0 Å². The SMILES string of the molecule is C[C@@]1(O)OC[C@H](O)[C@H]1O. The Morgan fingerprint density at radius 2 is 2.11 bits per heavy atom. The standard InChI is InChI=1S/C5H10O4/c1-5(8)4(7)3(6)2-9-5/h3-4,6-8H,2H2,1H3/t3-,4+,5+/m0/s1. The number of hydrogen-bond donors (Lipinski definition) is 3. The van der Waals surface area contributed by atoms with Gasteiger partial charge in [0.15, 0.2) is 5.79 Å². The molecule has 1 heterocycles. The molecule has 54 valence electrons. The van der Waals surface area contributed by atoms with Crippen molar-refractivity contribution in [1.29, 1.82) is 0 Å². The first-order valence-corrected chi connectivity index (χ1v) is 2.76. The highest BCUT2D eigenvalue weighted by atomic mass is 16.7. The van der Waals surface area contributed by atoms with Gasteiger partial charge in [0.25, 0.3) is 0 Å². The van der Waals surface area contributed by atoms with Gasteiger partial charge in [0.2, 0.25) is 0 Å². The Balaban J connectivity index is 2.62. The van der Waals surface area contributed by atoms with Gasteiger partial charge in [-0.2, -0.15) is 0 Å². The average Bonchev–Trinajstić information content (AvgIpc) is 1.97. The zero-order valence-electron chi connectivity index (χ0n) is 5.11. The van der Waals surface area contributed by atoms with Crippen LogP contribution in [0.25, 0.3) is 0 Å². The number of aliphatic hydroxyl groups excluding tert-OH is 2. The van der Waals surface area contributed by atoms with Crippen molar-refractivity contribution in [2.75, 3.05) is 6.61 Å². The molecular formula is C5H10O4. The third kappa shape index (κ3) is 1.07. The van der Waals surface area contributed by atoms with E-state index in [4.69, 9.17) is 15.3 Å². The van der Waals surface area contributed by atoms with Crippen LogP contribution in [0.2, 0.25) is 0 Å². The number of hydrogen-bond acceptors (Lipinski definition) is 4. The first-order chi connectivity index (χ1) is 4.04. The molecule has 1 saturated heterocycles. The first kappa shape index (κ1) is 6.95. The minimum Gasteiger partial charge on any atom is -0.388 e. The van der Waals surface area contributed by atoms with Crippen LogP contribution in [0.3, 0.4) is 0 Å². The lowest BCUT2D eigenvalue weighted by atomic mass is 10.1. The Bertz CT molecular complexity index is 112. The van der Waals surface area contributed by atoms with Crippen LogP contribution in [0.5, 0.6) is 0 Å². The maximum atomic E-state index is 9.00. The minimum atomic E-state index is -1.57. The third-order valence-corrected chi connectivity index (χ3v) is 1.46. The second-order valence-corrected chi connectivity index (χ2v) is 2.38. The van der Waals surface area contributed by atoms with Gasteiger partial charge in [-0.15, -0.1) is 0 Å². The van der Waals surface area contributed by atoms with Gasteiger partial charge in [0.1, 0.15) is 12.2 Å². The van der Waals surface area contributed by atoms with Gasteiger partial charge in [0.05, 0.1) is 6.61 Å². The van der Waals surface area contributed by atoms with Crippen molar-refractivity contribution in [3.8, 4) is 0 Å². The van der Waals surface area contributed by atoms with E-state index < -0.39 is 18.0 Å². The summed E-state index contributed by atoms with van der Waals surface area (Å²) in [5.41, 5.74) is 0. The van der Waals surface area contributed by atoms with E-state index in [0.717, 1.165) is 0 Å². The molecule has 0 spiro atoms. The van der Waals surface area contributed by atoms with Gasteiger partial charge in [-0.25, -0.2) is 0 Å². The minimum absolute atomic E-state index is 0.00579. The summed E-state index contributed by atoms with van der Waals surface area (Å²) in [6.45, 7) is 1.31. The number of ether oxygens (including phenoxy) is 1. The number of rotatable bonds is 0. The summed E-state index contributed by atoms with van der Waals surface area (Å²) in [7, 11) is 0. The highest BCUT2D eigenvalue weighted by Crippen LogP contribution is 2.22. The van der Waals surface area contributed by atoms with Crippen LogP contribution < -0.4 is 0 Å². The molecule has 4 heteroatoms. The van der Waals surface area contributed by atoms with Gasteiger partial charge < -0.3 is 20.1 Å². The monoisotopic (exact) mass is 134 g/mol. The molecule has 0 saturated carbocycles. The van der Waals surface area contributed by atoms with Crippen LogP contribution in [0, 0.1) is 0 Å². The first-order valence-electron chi connectivity index (χ1n) is 2.76. The van der Waals surface area contributed by atoms with Crippen molar-refractivity contribution in [3.63, 3.8) is 0 Å². The molecule has 0 aliphatic carbocycles. The molecule has 1 rings (SSSR count). The Morgan fingerprint density at radius 1 is 1.56 bits per heavy atom. The van der Waals surface area contributed by atoms with Crippen LogP contribution in [-0.2, 0) is 4.74 Å². The summed E-state index contributed by atoms with van der Waals surface area (Å²) >= 11 is 0. The zero-order chi connectivity index (χ0) is 7.07. The van der Waals surface area contributed by atoms with Gasteiger partial charge in [-0.3, -0.25) is 0 Å². The average molecular weight is 134 g/mol. The smallest absolute Gasteiger partial charge is 0.191 e. The molecule has 0 amide bonds. The highest BCUT2D eigenvalue weighted by Gasteiger charge is 2.43. The van der Waals surface area contributed by atoms with E-state index in [0.29, 0.717) is 0 Å². The second kappa shape index (κ2) is 1.91. The van der Waals surface area contributed by atoms with E-state index in [1.165, 1.54) is 6.92 Å². The molecule has 0 radical (unpaired) electrons. The highest BCUT2D eigenvalue weighted by molar-refractivity contribution is 4.85. The lowest BCUT2D eigenvalue weighted by molar-refractivity contribution is -0.201. The van der Waals surface area contributed by atoms with Crippen molar-refractivity contribution < 1.29 is 20.1 Å². The normalized spacial score (nSPS) is 52.0. The van der Waals surface area contributed by atoms with Gasteiger partial charge >= 0.3 is 0 Å². The van der Waals surface area contributed by atoms with E-state index in [1.807, 2.05) is 0 Å². The molecule has 1 aliphatic heterocycles. The van der Waals surface area contributed by atoms with Crippen molar-refractivity contribution >= 4 is 0 Å². The Morgan fingerprint density at radius 3 is 2.22 bits per heavy atom. The lowest BCUT2D eigenvalue weighted by Crippen LogP contribution is -2.39. The van der Waals surface area contributed by atoms with Gasteiger partial charge in [-0.1, -0.05) is 0 Å². The van der Waals surface area contributed by atoms with E-state index >= 15 is 0 Å². The van der Waals surface area contributed by atoms with Crippen molar-refractivity contribution in [1.82, 2.24) is 0 Å². The Labute approximate surface area is 52.7 Å². The Hall–Kier alpha value is -0.160. The maximum absolute atomic E-state index is 9.00. The predicted octanol–water partition coefficient (Wildman–Crippen LogP) is -1.55. The summed E-state index contributed by atoms with van der Waals surface area (Å²) in [4.78, 5) is 0. The summed E-state index contributed by atoms with van der Waals surface area (Å²) in [5.74, 6) is -1.57. The summed E-state index contributed by atoms with van der Waals surface area (Å²) in [5, 5.41) is 26.7. The van der Waals surface area contributed by atoms with E-state index in [2.05, 4.69) is 4.74 Å². The van der Waals surface area contributed by atoms with Crippen LogP contribution in [0.4, 0.5) is 0 Å². The van der Waals surface area contributed by atoms with Crippen molar-refractivity contribution in [2.45, 2.75) is 24.9 Å². The summed E-state index contributed by atoms with van der Waals surface area (Å²) < 4.78 is 4.62. The maximum Gasteiger partial charge on any atom is 0.191 e. The molecule has 0 aromatic rings. The molecular weight excluding hydrogens is 124 g/mol. The predicted molar refractivity (Wildman–Crippen MR) is 28.6 cm³/mol. The third-order valence-electron chi connectivity index (χ3n) is 1.46. The van der Waals surface area contributed by atoms with Crippen LogP contribution >= 0.6 is 0 Å². The summed E-state index contributed by atoms with van der Waals surface area (Å²) in [6, 6.07) is 0. The van der Waals surface area contributed by atoms with Gasteiger partial charge in [0, 0.05) is 0 Å². The van der Waals surface area contributed by atoms with E-state index in [1.54, 1.807) is 0 Å². The zero-order valence-corrected chi connectivity index (χ0v) is 5.11. The molecule has 0 bridgehead atoms. The van der Waals surface area contributed by atoms with Crippen LogP contribution in [-0.4, -0.2) is 39.9 Å². The van der Waals surface area contributed by atoms with Crippen LogP contribution in [0.1, 0.15) is 6.92 Å². The molecule has 0 aromatic carbocycles. The molecule has 1 aliphatic rings.